The molecule has 4 heteroatoms. The highest BCUT2D eigenvalue weighted by Gasteiger charge is 2.10. The minimum Gasteiger partial charge on any atom is -0.496 e. The van der Waals surface area contributed by atoms with E-state index in [9.17, 15) is 0 Å². The molecule has 3 aromatic rings. The summed E-state index contributed by atoms with van der Waals surface area (Å²) >= 11 is 0. The first-order valence-electron chi connectivity index (χ1n) is 6.88. The van der Waals surface area contributed by atoms with Crippen molar-refractivity contribution in [1.82, 2.24) is 9.97 Å². The van der Waals surface area contributed by atoms with E-state index in [0.29, 0.717) is 0 Å². The van der Waals surface area contributed by atoms with E-state index >= 15 is 0 Å². The third-order valence-electron chi connectivity index (χ3n) is 3.46. The van der Waals surface area contributed by atoms with Crippen molar-refractivity contribution >= 4 is 16.7 Å². The highest BCUT2D eigenvalue weighted by atomic mass is 16.5. The van der Waals surface area contributed by atoms with Crippen LogP contribution in [0.25, 0.3) is 11.0 Å². The van der Waals surface area contributed by atoms with Crippen LogP contribution in [0.5, 0.6) is 5.75 Å². The van der Waals surface area contributed by atoms with Crippen LogP contribution in [-0.2, 0) is 0 Å². The maximum Gasteiger partial charge on any atom is 0.124 e. The van der Waals surface area contributed by atoms with Crippen LogP contribution in [0.1, 0.15) is 18.5 Å². The molecule has 1 unspecified atom stereocenters. The average molecular weight is 279 g/mol. The van der Waals surface area contributed by atoms with Crippen LogP contribution in [0.4, 0.5) is 5.69 Å². The first-order valence-corrected chi connectivity index (χ1v) is 6.88. The Bertz CT molecular complexity index is 758. The Kier molecular flexibility index (Phi) is 3.69. The molecular weight excluding hydrogens is 262 g/mol. The molecule has 0 amide bonds. The minimum atomic E-state index is 0.135. The number of anilines is 1. The summed E-state index contributed by atoms with van der Waals surface area (Å²) in [6, 6.07) is 14.2. The zero-order valence-corrected chi connectivity index (χ0v) is 12.1. The second-order valence-electron chi connectivity index (χ2n) is 4.87. The van der Waals surface area contributed by atoms with Gasteiger partial charge in [-0.1, -0.05) is 18.2 Å². The molecule has 0 aliphatic rings. The molecule has 0 spiro atoms. The lowest BCUT2D eigenvalue weighted by molar-refractivity contribution is 0.408. The van der Waals surface area contributed by atoms with Crippen molar-refractivity contribution in [1.29, 1.82) is 0 Å². The van der Waals surface area contributed by atoms with Crippen molar-refractivity contribution in [3.05, 3.63) is 60.4 Å². The molecule has 0 saturated heterocycles. The second-order valence-corrected chi connectivity index (χ2v) is 4.87. The van der Waals surface area contributed by atoms with Gasteiger partial charge < -0.3 is 10.1 Å². The Morgan fingerprint density at radius 2 is 1.76 bits per heavy atom. The molecule has 1 aromatic heterocycles. The Balaban J connectivity index is 1.87. The fraction of sp³-hybridized carbons (Fsp3) is 0.176. The van der Waals surface area contributed by atoms with E-state index in [1.807, 2.05) is 36.4 Å². The number of benzene rings is 2. The highest BCUT2D eigenvalue weighted by Crippen LogP contribution is 2.28. The van der Waals surface area contributed by atoms with E-state index in [1.165, 1.54) is 0 Å². The van der Waals surface area contributed by atoms with E-state index < -0.39 is 0 Å². The van der Waals surface area contributed by atoms with Gasteiger partial charge in [0.1, 0.15) is 5.75 Å². The molecule has 4 nitrogen and oxygen atoms in total. The van der Waals surface area contributed by atoms with Crippen LogP contribution in [0, 0.1) is 0 Å². The summed E-state index contributed by atoms with van der Waals surface area (Å²) in [5.41, 5.74) is 3.92. The van der Waals surface area contributed by atoms with Crippen molar-refractivity contribution in [2.75, 3.05) is 12.4 Å². The van der Waals surface area contributed by atoms with Crippen LogP contribution in [0.15, 0.2) is 54.9 Å². The molecule has 21 heavy (non-hydrogen) atoms. The first kappa shape index (κ1) is 13.4. The number of para-hydroxylation sites is 1. The molecule has 0 aliphatic carbocycles. The van der Waals surface area contributed by atoms with Crippen LogP contribution < -0.4 is 10.1 Å². The summed E-state index contributed by atoms with van der Waals surface area (Å²) in [7, 11) is 1.69. The molecular formula is C17H17N3O. The number of hydrogen-bond donors (Lipinski definition) is 1. The number of nitrogens with zero attached hydrogens (tertiary/aromatic N) is 2. The number of aromatic nitrogens is 2. The summed E-state index contributed by atoms with van der Waals surface area (Å²) in [6.07, 6.45) is 3.41. The quantitative estimate of drug-likeness (QED) is 0.789. The highest BCUT2D eigenvalue weighted by molar-refractivity contribution is 5.78. The predicted octanol–water partition coefficient (Wildman–Crippen LogP) is 3.81. The predicted molar refractivity (Wildman–Crippen MR) is 84.6 cm³/mol. The van der Waals surface area contributed by atoms with E-state index in [-0.39, 0.29) is 6.04 Å². The summed E-state index contributed by atoms with van der Waals surface area (Å²) in [6.45, 7) is 2.11. The smallest absolute Gasteiger partial charge is 0.124 e. The molecule has 106 valence electrons. The summed E-state index contributed by atoms with van der Waals surface area (Å²) in [5, 5.41) is 3.48. The summed E-state index contributed by atoms with van der Waals surface area (Å²) in [5.74, 6) is 0.887. The topological polar surface area (TPSA) is 47.0 Å². The molecule has 2 aromatic carbocycles. The maximum atomic E-state index is 5.41. The van der Waals surface area contributed by atoms with Gasteiger partial charge in [0, 0.05) is 23.6 Å². The van der Waals surface area contributed by atoms with Gasteiger partial charge in [-0.05, 0) is 31.2 Å². The van der Waals surface area contributed by atoms with Crippen LogP contribution in [0.2, 0.25) is 0 Å². The molecule has 0 bridgehead atoms. The van der Waals surface area contributed by atoms with Gasteiger partial charge in [-0.2, -0.15) is 0 Å². The lowest BCUT2D eigenvalue weighted by Gasteiger charge is -2.18. The number of nitrogens with one attached hydrogen (secondary N) is 1. The van der Waals surface area contributed by atoms with Gasteiger partial charge in [0.05, 0.1) is 24.2 Å². The lowest BCUT2D eigenvalue weighted by Crippen LogP contribution is -2.08. The van der Waals surface area contributed by atoms with Crippen molar-refractivity contribution < 1.29 is 4.74 Å². The molecule has 1 atom stereocenters. The number of methoxy groups -OCH3 is 1. The zero-order valence-electron chi connectivity index (χ0n) is 12.1. The molecule has 1 heterocycles. The van der Waals surface area contributed by atoms with Gasteiger partial charge in [-0.15, -0.1) is 0 Å². The number of fused-ring (bicyclic) bond motifs is 1. The van der Waals surface area contributed by atoms with E-state index in [2.05, 4.69) is 28.3 Å². The Hall–Kier alpha value is -2.62. The Labute approximate surface area is 123 Å². The Morgan fingerprint density at radius 1 is 1.00 bits per heavy atom. The maximum absolute atomic E-state index is 5.41. The van der Waals surface area contributed by atoms with Gasteiger partial charge in [0.15, 0.2) is 0 Å². The molecule has 0 radical (unpaired) electrons. The molecule has 0 fully saturated rings. The molecule has 1 N–H and O–H groups in total. The van der Waals surface area contributed by atoms with Gasteiger partial charge >= 0.3 is 0 Å². The summed E-state index contributed by atoms with van der Waals surface area (Å²) < 4.78 is 5.41. The van der Waals surface area contributed by atoms with Gasteiger partial charge in [0.25, 0.3) is 0 Å². The van der Waals surface area contributed by atoms with Crippen molar-refractivity contribution in [3.63, 3.8) is 0 Å². The van der Waals surface area contributed by atoms with Crippen LogP contribution in [-0.4, -0.2) is 17.1 Å². The van der Waals surface area contributed by atoms with E-state index in [0.717, 1.165) is 28.0 Å². The van der Waals surface area contributed by atoms with Crippen molar-refractivity contribution in [2.45, 2.75) is 13.0 Å². The molecule has 3 rings (SSSR count). The van der Waals surface area contributed by atoms with Crippen LogP contribution in [0.3, 0.4) is 0 Å². The molecule has 0 aliphatic heterocycles. The van der Waals surface area contributed by atoms with Crippen molar-refractivity contribution in [2.24, 2.45) is 0 Å². The van der Waals surface area contributed by atoms with Gasteiger partial charge in [-0.25, -0.2) is 0 Å². The first-order chi connectivity index (χ1) is 10.3. The molecule has 0 saturated carbocycles. The largest absolute Gasteiger partial charge is 0.496 e. The lowest BCUT2D eigenvalue weighted by atomic mass is 10.1. The average Bonchev–Trinajstić information content (AvgIpc) is 2.54. The minimum absolute atomic E-state index is 0.135. The van der Waals surface area contributed by atoms with Crippen LogP contribution >= 0.6 is 0 Å². The normalized spacial score (nSPS) is 12.1. The number of rotatable bonds is 4. The zero-order chi connectivity index (χ0) is 14.7. The fourth-order valence-corrected chi connectivity index (χ4v) is 2.40. The third-order valence-corrected chi connectivity index (χ3v) is 3.46. The number of ether oxygens (including phenoxy) is 1. The van der Waals surface area contributed by atoms with E-state index in [4.69, 9.17) is 4.74 Å². The van der Waals surface area contributed by atoms with E-state index in [1.54, 1.807) is 19.5 Å². The van der Waals surface area contributed by atoms with Gasteiger partial charge in [0.2, 0.25) is 0 Å². The second kappa shape index (κ2) is 5.79. The standard InChI is InChI=1S/C17H17N3O/c1-12(14-5-3-4-6-17(14)21-2)20-13-7-8-15-16(11-13)19-10-9-18-15/h3-12,20H,1-2H3. The monoisotopic (exact) mass is 279 g/mol. The Morgan fingerprint density at radius 3 is 2.57 bits per heavy atom. The summed E-state index contributed by atoms with van der Waals surface area (Å²) in [4.78, 5) is 8.61. The van der Waals surface area contributed by atoms with Gasteiger partial charge in [-0.3, -0.25) is 9.97 Å². The third kappa shape index (κ3) is 2.79. The number of hydrogen-bond acceptors (Lipinski definition) is 4. The SMILES string of the molecule is COc1ccccc1C(C)Nc1ccc2nccnc2c1. The van der Waals surface area contributed by atoms with Crippen molar-refractivity contribution in [3.8, 4) is 5.75 Å². The fourth-order valence-electron chi connectivity index (χ4n) is 2.40.